The first kappa shape index (κ1) is 16.0. The minimum absolute atomic E-state index is 0.00179. The largest absolute Gasteiger partial charge is 0.356 e. The molecule has 1 atom stereocenters. The van der Waals surface area contributed by atoms with E-state index in [2.05, 4.69) is 20.2 Å². The van der Waals surface area contributed by atoms with Gasteiger partial charge in [0.05, 0.1) is 5.92 Å². The lowest BCUT2D eigenvalue weighted by atomic mass is 9.97. The third-order valence-corrected chi connectivity index (χ3v) is 4.76. The number of rotatable bonds is 4. The molecule has 130 valence electrons. The summed E-state index contributed by atoms with van der Waals surface area (Å²) < 4.78 is 13.4. The Kier molecular flexibility index (Phi) is 4.34. The fraction of sp³-hybridized carbons (Fsp3) is 0.421. The SMILES string of the molecule is O=C(NC1CC1)C1CCCN(c2ccnc(-c3cccc(F)c3)n2)C1. The standard InChI is InChI=1S/C19H21FN4O/c20-15-5-1-3-13(11-15)18-21-9-8-17(23-18)24-10-2-4-14(12-24)19(25)22-16-6-7-16/h1,3,5,8-9,11,14,16H,2,4,6-7,10,12H2,(H,22,25). The fourth-order valence-corrected chi connectivity index (χ4v) is 3.24. The van der Waals surface area contributed by atoms with Crippen LogP contribution in [0.15, 0.2) is 36.5 Å². The van der Waals surface area contributed by atoms with E-state index in [1.807, 2.05) is 6.07 Å². The highest BCUT2D eigenvalue weighted by molar-refractivity contribution is 5.80. The lowest BCUT2D eigenvalue weighted by Gasteiger charge is -2.33. The summed E-state index contributed by atoms with van der Waals surface area (Å²) in [6.07, 6.45) is 5.77. The van der Waals surface area contributed by atoms with Crippen LogP contribution in [0.25, 0.3) is 11.4 Å². The number of benzene rings is 1. The Morgan fingerprint density at radius 3 is 2.92 bits per heavy atom. The van der Waals surface area contributed by atoms with Gasteiger partial charge in [0.2, 0.25) is 5.91 Å². The second-order valence-corrected chi connectivity index (χ2v) is 6.82. The van der Waals surface area contributed by atoms with Gasteiger partial charge < -0.3 is 10.2 Å². The summed E-state index contributed by atoms with van der Waals surface area (Å²) in [6, 6.07) is 8.53. The van der Waals surface area contributed by atoms with E-state index in [-0.39, 0.29) is 17.6 Å². The monoisotopic (exact) mass is 340 g/mol. The number of aromatic nitrogens is 2. The molecular weight excluding hydrogens is 319 g/mol. The summed E-state index contributed by atoms with van der Waals surface area (Å²) >= 11 is 0. The normalized spacial score (nSPS) is 20.4. The lowest BCUT2D eigenvalue weighted by molar-refractivity contribution is -0.125. The average molecular weight is 340 g/mol. The molecule has 1 aliphatic heterocycles. The number of halogens is 1. The van der Waals surface area contributed by atoms with E-state index in [1.165, 1.54) is 12.1 Å². The Bertz CT molecular complexity index is 778. The lowest BCUT2D eigenvalue weighted by Crippen LogP contribution is -2.44. The second-order valence-electron chi connectivity index (χ2n) is 6.82. The van der Waals surface area contributed by atoms with Crippen molar-refractivity contribution >= 4 is 11.7 Å². The van der Waals surface area contributed by atoms with E-state index < -0.39 is 0 Å². The zero-order valence-electron chi connectivity index (χ0n) is 14.0. The summed E-state index contributed by atoms with van der Waals surface area (Å²) in [5.41, 5.74) is 0.655. The maximum absolute atomic E-state index is 13.4. The van der Waals surface area contributed by atoms with E-state index >= 15 is 0 Å². The van der Waals surface area contributed by atoms with E-state index in [0.29, 0.717) is 24.0 Å². The van der Waals surface area contributed by atoms with E-state index in [4.69, 9.17) is 0 Å². The highest BCUT2D eigenvalue weighted by atomic mass is 19.1. The fourth-order valence-electron chi connectivity index (χ4n) is 3.24. The maximum atomic E-state index is 13.4. The molecule has 0 spiro atoms. The van der Waals surface area contributed by atoms with Crippen molar-refractivity contribution in [2.75, 3.05) is 18.0 Å². The van der Waals surface area contributed by atoms with Gasteiger partial charge in [0.15, 0.2) is 5.82 Å². The molecule has 2 aliphatic rings. The summed E-state index contributed by atoms with van der Waals surface area (Å²) in [7, 11) is 0. The molecule has 6 heteroatoms. The average Bonchev–Trinajstić information content (AvgIpc) is 3.46. The van der Waals surface area contributed by atoms with E-state index in [9.17, 15) is 9.18 Å². The molecule has 1 N–H and O–H groups in total. The Hall–Kier alpha value is -2.50. The molecule has 25 heavy (non-hydrogen) atoms. The van der Waals surface area contributed by atoms with Gasteiger partial charge in [-0.25, -0.2) is 14.4 Å². The Morgan fingerprint density at radius 2 is 2.12 bits per heavy atom. The Labute approximate surface area is 146 Å². The summed E-state index contributed by atoms with van der Waals surface area (Å²) in [6.45, 7) is 1.53. The number of hydrogen-bond acceptors (Lipinski definition) is 4. The number of anilines is 1. The minimum Gasteiger partial charge on any atom is -0.356 e. The summed E-state index contributed by atoms with van der Waals surface area (Å²) in [4.78, 5) is 23.3. The van der Waals surface area contributed by atoms with Crippen LogP contribution in [-0.2, 0) is 4.79 Å². The highest BCUT2D eigenvalue weighted by Crippen LogP contribution is 2.25. The minimum atomic E-state index is -0.304. The number of nitrogens with zero attached hydrogens (tertiary/aromatic N) is 3. The van der Waals surface area contributed by atoms with Gasteiger partial charge >= 0.3 is 0 Å². The van der Waals surface area contributed by atoms with Crippen LogP contribution in [0.5, 0.6) is 0 Å². The van der Waals surface area contributed by atoms with Gasteiger partial charge in [-0.15, -0.1) is 0 Å². The quantitative estimate of drug-likeness (QED) is 0.930. The topological polar surface area (TPSA) is 58.1 Å². The summed E-state index contributed by atoms with van der Waals surface area (Å²) in [5.74, 6) is 1.15. The van der Waals surface area contributed by atoms with E-state index in [0.717, 1.165) is 38.0 Å². The van der Waals surface area contributed by atoms with Crippen LogP contribution in [0.4, 0.5) is 10.2 Å². The van der Waals surface area contributed by atoms with Crippen molar-refractivity contribution in [2.24, 2.45) is 5.92 Å². The third-order valence-electron chi connectivity index (χ3n) is 4.76. The molecule has 1 saturated heterocycles. The van der Waals surface area contributed by atoms with Crippen LogP contribution in [0, 0.1) is 11.7 Å². The number of piperidine rings is 1. The molecule has 1 saturated carbocycles. The molecule has 2 fully saturated rings. The van der Waals surface area contributed by atoms with E-state index in [1.54, 1.807) is 18.3 Å². The number of carbonyl (C=O) groups excluding carboxylic acids is 1. The molecule has 1 aromatic heterocycles. The second kappa shape index (κ2) is 6.78. The molecule has 1 aliphatic carbocycles. The van der Waals surface area contributed by atoms with Gasteiger partial charge in [0.25, 0.3) is 0 Å². The highest BCUT2D eigenvalue weighted by Gasteiger charge is 2.30. The van der Waals surface area contributed by atoms with Crippen LogP contribution in [-0.4, -0.2) is 35.0 Å². The Morgan fingerprint density at radius 1 is 1.24 bits per heavy atom. The molecule has 1 amide bonds. The molecule has 2 heterocycles. The molecule has 1 unspecified atom stereocenters. The maximum Gasteiger partial charge on any atom is 0.225 e. The van der Waals surface area contributed by atoms with Crippen LogP contribution in [0.3, 0.4) is 0 Å². The first-order chi connectivity index (χ1) is 12.2. The molecule has 4 rings (SSSR count). The van der Waals surface area contributed by atoms with Crippen molar-refractivity contribution in [1.82, 2.24) is 15.3 Å². The van der Waals surface area contributed by atoms with Crippen LogP contribution < -0.4 is 10.2 Å². The third kappa shape index (κ3) is 3.78. The first-order valence-corrected chi connectivity index (χ1v) is 8.83. The number of hydrogen-bond donors (Lipinski definition) is 1. The molecule has 1 aromatic carbocycles. The smallest absolute Gasteiger partial charge is 0.225 e. The zero-order chi connectivity index (χ0) is 17.2. The van der Waals surface area contributed by atoms with Crippen LogP contribution in [0.1, 0.15) is 25.7 Å². The number of amides is 1. The van der Waals surface area contributed by atoms with Crippen molar-refractivity contribution in [3.05, 3.63) is 42.3 Å². The predicted octanol–water partition coefficient (Wildman–Crippen LogP) is 2.78. The number of nitrogens with one attached hydrogen (secondary N) is 1. The molecule has 5 nitrogen and oxygen atoms in total. The number of carbonyl (C=O) groups is 1. The van der Waals surface area contributed by atoms with Crippen molar-refractivity contribution < 1.29 is 9.18 Å². The Balaban J connectivity index is 1.50. The molecular formula is C19H21FN4O. The summed E-state index contributed by atoms with van der Waals surface area (Å²) in [5, 5.41) is 3.10. The molecule has 2 aromatic rings. The van der Waals surface area contributed by atoms with Crippen LogP contribution >= 0.6 is 0 Å². The molecule has 0 radical (unpaired) electrons. The molecule has 0 bridgehead atoms. The van der Waals surface area contributed by atoms with Crippen molar-refractivity contribution in [2.45, 2.75) is 31.7 Å². The first-order valence-electron chi connectivity index (χ1n) is 8.83. The zero-order valence-corrected chi connectivity index (χ0v) is 14.0. The van der Waals surface area contributed by atoms with Crippen molar-refractivity contribution in [1.29, 1.82) is 0 Å². The van der Waals surface area contributed by atoms with Gasteiger partial charge in [0.1, 0.15) is 11.6 Å². The van der Waals surface area contributed by atoms with Gasteiger partial charge in [0, 0.05) is 30.9 Å². The van der Waals surface area contributed by atoms with Crippen molar-refractivity contribution in [3.63, 3.8) is 0 Å². The van der Waals surface area contributed by atoms with Gasteiger partial charge in [-0.3, -0.25) is 4.79 Å². The van der Waals surface area contributed by atoms with Crippen molar-refractivity contribution in [3.8, 4) is 11.4 Å². The van der Waals surface area contributed by atoms with Gasteiger partial charge in [-0.2, -0.15) is 0 Å². The van der Waals surface area contributed by atoms with Crippen LogP contribution in [0.2, 0.25) is 0 Å². The van der Waals surface area contributed by atoms with Gasteiger partial charge in [-0.1, -0.05) is 12.1 Å². The predicted molar refractivity (Wildman–Crippen MR) is 93.5 cm³/mol. The van der Waals surface area contributed by atoms with Gasteiger partial charge in [-0.05, 0) is 43.9 Å².